The Morgan fingerprint density at radius 2 is 1.56 bits per heavy atom. The SMILES string of the molecule is Cc1cc(C)c(NC(=O)CNC(=O)NCCc2c(F)cccc2F)c(C)c1. The molecule has 2 aromatic carbocycles. The van der Waals surface area contributed by atoms with E-state index >= 15 is 0 Å². The van der Waals surface area contributed by atoms with Crippen LogP contribution in [0.25, 0.3) is 0 Å². The van der Waals surface area contributed by atoms with Gasteiger partial charge in [-0.15, -0.1) is 0 Å². The van der Waals surface area contributed by atoms with Crippen LogP contribution in [0.1, 0.15) is 22.3 Å². The number of urea groups is 1. The normalized spacial score (nSPS) is 10.4. The first kappa shape index (κ1) is 20.4. The highest BCUT2D eigenvalue weighted by Gasteiger charge is 2.11. The van der Waals surface area contributed by atoms with Crippen LogP contribution in [0.15, 0.2) is 30.3 Å². The van der Waals surface area contributed by atoms with E-state index in [2.05, 4.69) is 16.0 Å². The number of nitrogens with one attached hydrogen (secondary N) is 3. The Morgan fingerprint density at radius 3 is 2.15 bits per heavy atom. The fourth-order valence-corrected chi connectivity index (χ4v) is 2.86. The second-order valence-corrected chi connectivity index (χ2v) is 6.38. The van der Waals surface area contributed by atoms with Crippen LogP contribution in [0.2, 0.25) is 0 Å². The van der Waals surface area contributed by atoms with Gasteiger partial charge in [-0.1, -0.05) is 23.8 Å². The first-order chi connectivity index (χ1) is 12.8. The number of benzene rings is 2. The van der Waals surface area contributed by atoms with Gasteiger partial charge in [0.1, 0.15) is 11.6 Å². The van der Waals surface area contributed by atoms with Crippen molar-refractivity contribution < 1.29 is 18.4 Å². The first-order valence-corrected chi connectivity index (χ1v) is 8.60. The third-order valence-electron chi connectivity index (χ3n) is 4.07. The van der Waals surface area contributed by atoms with Crippen molar-refractivity contribution in [3.63, 3.8) is 0 Å². The second kappa shape index (κ2) is 9.12. The molecule has 0 radical (unpaired) electrons. The predicted octanol–water partition coefficient (Wildman–Crippen LogP) is 3.37. The summed E-state index contributed by atoms with van der Waals surface area (Å²) in [6, 6.07) is 6.95. The molecule has 0 spiro atoms. The van der Waals surface area contributed by atoms with E-state index in [9.17, 15) is 18.4 Å². The number of amides is 3. The van der Waals surface area contributed by atoms with Gasteiger partial charge in [-0.3, -0.25) is 4.79 Å². The lowest BCUT2D eigenvalue weighted by Gasteiger charge is -2.13. The van der Waals surface area contributed by atoms with Gasteiger partial charge in [0, 0.05) is 17.8 Å². The smallest absolute Gasteiger partial charge is 0.315 e. The molecule has 0 bridgehead atoms. The van der Waals surface area contributed by atoms with Crippen LogP contribution in [-0.2, 0) is 11.2 Å². The molecule has 2 rings (SSSR count). The van der Waals surface area contributed by atoms with Crippen LogP contribution < -0.4 is 16.0 Å². The van der Waals surface area contributed by atoms with Gasteiger partial charge in [0.05, 0.1) is 6.54 Å². The number of hydrogen-bond donors (Lipinski definition) is 3. The van der Waals surface area contributed by atoms with Gasteiger partial charge in [0.15, 0.2) is 0 Å². The van der Waals surface area contributed by atoms with E-state index in [4.69, 9.17) is 0 Å². The zero-order chi connectivity index (χ0) is 20.0. The van der Waals surface area contributed by atoms with Gasteiger partial charge in [-0.2, -0.15) is 0 Å². The molecule has 0 atom stereocenters. The maximum Gasteiger partial charge on any atom is 0.315 e. The van der Waals surface area contributed by atoms with E-state index in [-0.39, 0.29) is 31.0 Å². The molecule has 0 saturated heterocycles. The Balaban J connectivity index is 1.78. The Morgan fingerprint density at radius 1 is 0.963 bits per heavy atom. The van der Waals surface area contributed by atoms with Crippen LogP contribution in [0, 0.1) is 32.4 Å². The summed E-state index contributed by atoms with van der Waals surface area (Å²) in [7, 11) is 0. The van der Waals surface area contributed by atoms with Crippen LogP contribution in [0.5, 0.6) is 0 Å². The number of rotatable bonds is 6. The number of carbonyl (C=O) groups excluding carboxylic acids is 2. The number of halogens is 2. The summed E-state index contributed by atoms with van der Waals surface area (Å²) in [4.78, 5) is 23.8. The molecule has 0 saturated carbocycles. The highest BCUT2D eigenvalue weighted by molar-refractivity contribution is 5.95. The van der Waals surface area contributed by atoms with Crippen molar-refractivity contribution in [2.45, 2.75) is 27.2 Å². The van der Waals surface area contributed by atoms with Gasteiger partial charge >= 0.3 is 6.03 Å². The predicted molar refractivity (Wildman–Crippen MR) is 101 cm³/mol. The van der Waals surface area contributed by atoms with Crippen LogP contribution >= 0.6 is 0 Å². The molecule has 5 nitrogen and oxygen atoms in total. The average Bonchev–Trinajstić information content (AvgIpc) is 2.59. The fraction of sp³-hybridized carbons (Fsp3) is 0.300. The van der Waals surface area contributed by atoms with E-state index in [0.29, 0.717) is 0 Å². The minimum atomic E-state index is -0.652. The lowest BCUT2D eigenvalue weighted by atomic mass is 10.1. The number of hydrogen-bond acceptors (Lipinski definition) is 2. The molecular weight excluding hydrogens is 352 g/mol. The minimum absolute atomic E-state index is 0.0138. The van der Waals surface area contributed by atoms with Gasteiger partial charge < -0.3 is 16.0 Å². The molecule has 0 aromatic heterocycles. The lowest BCUT2D eigenvalue weighted by Crippen LogP contribution is -2.40. The lowest BCUT2D eigenvalue weighted by molar-refractivity contribution is -0.115. The molecule has 0 unspecified atom stereocenters. The molecule has 0 heterocycles. The van der Waals surface area contributed by atoms with Crippen molar-refractivity contribution in [2.24, 2.45) is 0 Å². The molecule has 7 heteroatoms. The van der Waals surface area contributed by atoms with E-state index in [1.54, 1.807) is 0 Å². The van der Waals surface area contributed by atoms with Crippen molar-refractivity contribution in [1.82, 2.24) is 10.6 Å². The largest absolute Gasteiger partial charge is 0.338 e. The molecular formula is C20H23F2N3O2. The van der Waals surface area contributed by atoms with Crippen molar-refractivity contribution in [2.75, 3.05) is 18.4 Å². The minimum Gasteiger partial charge on any atom is -0.338 e. The Bertz CT molecular complexity index is 810. The molecule has 3 N–H and O–H groups in total. The molecule has 144 valence electrons. The topological polar surface area (TPSA) is 70.2 Å². The van der Waals surface area contributed by atoms with E-state index in [1.165, 1.54) is 6.07 Å². The molecule has 0 aliphatic carbocycles. The van der Waals surface area contributed by atoms with E-state index in [0.717, 1.165) is 34.5 Å². The van der Waals surface area contributed by atoms with Crippen LogP contribution in [0.3, 0.4) is 0 Å². The molecule has 0 aliphatic heterocycles. The summed E-state index contributed by atoms with van der Waals surface area (Å²) < 4.78 is 27.0. The van der Waals surface area contributed by atoms with Crippen molar-refractivity contribution in [1.29, 1.82) is 0 Å². The summed E-state index contributed by atoms with van der Waals surface area (Å²) >= 11 is 0. The fourth-order valence-electron chi connectivity index (χ4n) is 2.86. The Kier molecular flexibility index (Phi) is 6.87. The number of aryl methyl sites for hydroxylation is 3. The standard InChI is InChI=1S/C20H23F2N3O2/c1-12-9-13(2)19(14(3)10-12)25-18(26)11-24-20(27)23-8-7-15-16(21)5-4-6-17(15)22/h4-6,9-10H,7-8,11H2,1-3H3,(H,25,26)(H2,23,24,27). The molecule has 27 heavy (non-hydrogen) atoms. The average molecular weight is 375 g/mol. The second-order valence-electron chi connectivity index (χ2n) is 6.38. The van der Waals surface area contributed by atoms with Crippen molar-refractivity contribution >= 4 is 17.6 Å². The van der Waals surface area contributed by atoms with Crippen molar-refractivity contribution in [3.8, 4) is 0 Å². The van der Waals surface area contributed by atoms with Gasteiger partial charge in [-0.05, 0) is 50.5 Å². The maximum atomic E-state index is 13.5. The van der Waals surface area contributed by atoms with Gasteiger partial charge in [0.2, 0.25) is 5.91 Å². The Hall–Kier alpha value is -2.96. The van der Waals surface area contributed by atoms with E-state index in [1.807, 2.05) is 32.9 Å². The van der Waals surface area contributed by atoms with E-state index < -0.39 is 17.7 Å². The highest BCUT2D eigenvalue weighted by atomic mass is 19.1. The van der Waals surface area contributed by atoms with Gasteiger partial charge in [0.25, 0.3) is 0 Å². The zero-order valence-electron chi connectivity index (χ0n) is 15.6. The van der Waals surface area contributed by atoms with Crippen LogP contribution in [0.4, 0.5) is 19.3 Å². The molecule has 3 amide bonds. The third-order valence-corrected chi connectivity index (χ3v) is 4.07. The summed E-state index contributed by atoms with van der Waals surface area (Å²) in [6.07, 6.45) is 0.0138. The first-order valence-electron chi connectivity index (χ1n) is 8.60. The number of carbonyl (C=O) groups is 2. The van der Waals surface area contributed by atoms with Crippen molar-refractivity contribution in [3.05, 3.63) is 64.2 Å². The quantitative estimate of drug-likeness (QED) is 0.725. The van der Waals surface area contributed by atoms with Gasteiger partial charge in [-0.25, -0.2) is 13.6 Å². The summed E-state index contributed by atoms with van der Waals surface area (Å²) in [5, 5.41) is 7.67. The third kappa shape index (κ3) is 5.77. The number of anilines is 1. The summed E-state index contributed by atoms with van der Waals surface area (Å²) in [5.41, 5.74) is 3.63. The zero-order valence-corrected chi connectivity index (χ0v) is 15.6. The highest BCUT2D eigenvalue weighted by Crippen LogP contribution is 2.21. The monoisotopic (exact) mass is 375 g/mol. The molecule has 0 aliphatic rings. The molecule has 2 aromatic rings. The summed E-state index contributed by atoms with van der Waals surface area (Å²) in [6.45, 7) is 5.61. The maximum absolute atomic E-state index is 13.5. The van der Waals surface area contributed by atoms with Crippen LogP contribution in [-0.4, -0.2) is 25.0 Å². The Labute approximate surface area is 157 Å². The molecule has 0 fully saturated rings. The summed E-state index contributed by atoms with van der Waals surface area (Å²) in [5.74, 6) is -1.67.